The van der Waals surface area contributed by atoms with Crippen molar-refractivity contribution in [2.45, 2.75) is 45.3 Å². The van der Waals surface area contributed by atoms with E-state index in [2.05, 4.69) is 15.2 Å². The highest BCUT2D eigenvalue weighted by molar-refractivity contribution is 7.11. The molecule has 0 aliphatic carbocycles. The van der Waals surface area contributed by atoms with Crippen molar-refractivity contribution in [1.82, 2.24) is 20.1 Å². The van der Waals surface area contributed by atoms with Crippen molar-refractivity contribution in [1.29, 1.82) is 0 Å². The average Bonchev–Trinajstić information content (AvgIpc) is 3.03. The summed E-state index contributed by atoms with van der Waals surface area (Å²) in [6.45, 7) is 7.90. The van der Waals surface area contributed by atoms with Crippen LogP contribution in [-0.2, 0) is 11.3 Å². The molecule has 1 aromatic rings. The molecule has 7 heteroatoms. The number of carbonyl (C=O) groups excluding carboxylic acids is 2. The predicted octanol–water partition coefficient (Wildman–Crippen LogP) is 1.36. The number of nitrogens with one attached hydrogen (secondary N) is 1. The fraction of sp³-hybridized carbons (Fsp3) is 0.643. The van der Waals surface area contributed by atoms with Crippen LogP contribution in [0.5, 0.6) is 0 Å². The fourth-order valence-corrected chi connectivity index (χ4v) is 3.95. The van der Waals surface area contributed by atoms with Gasteiger partial charge < -0.3 is 5.32 Å². The Kier molecular flexibility index (Phi) is 3.49. The van der Waals surface area contributed by atoms with Crippen LogP contribution >= 0.6 is 11.3 Å². The molecule has 3 amide bonds. The highest BCUT2D eigenvalue weighted by Gasteiger charge is 2.55. The Labute approximate surface area is 128 Å². The Balaban J connectivity index is 1.71. The van der Waals surface area contributed by atoms with Crippen LogP contribution in [0.2, 0.25) is 0 Å². The maximum absolute atomic E-state index is 12.6. The lowest BCUT2D eigenvalue weighted by atomic mass is 9.98. The Morgan fingerprint density at radius 1 is 1.48 bits per heavy atom. The quantitative estimate of drug-likeness (QED) is 0.856. The largest absolute Gasteiger partial charge is 0.325 e. The van der Waals surface area contributed by atoms with Gasteiger partial charge in [-0.15, -0.1) is 11.3 Å². The van der Waals surface area contributed by atoms with Gasteiger partial charge in [0.1, 0.15) is 5.54 Å². The molecule has 1 spiro atoms. The fourth-order valence-electron chi connectivity index (χ4n) is 3.11. The van der Waals surface area contributed by atoms with Crippen LogP contribution in [-0.4, -0.2) is 51.4 Å². The molecule has 1 atom stereocenters. The molecule has 0 unspecified atom stereocenters. The molecule has 0 bridgehead atoms. The molecule has 3 rings (SSSR count). The van der Waals surface area contributed by atoms with Crippen LogP contribution in [0.3, 0.4) is 0 Å². The summed E-state index contributed by atoms with van der Waals surface area (Å²) in [5, 5.41) is 3.97. The van der Waals surface area contributed by atoms with E-state index in [0.717, 1.165) is 18.1 Å². The number of rotatable bonds is 3. The zero-order valence-corrected chi connectivity index (χ0v) is 13.4. The molecule has 2 saturated heterocycles. The van der Waals surface area contributed by atoms with Gasteiger partial charge in [0.15, 0.2) is 0 Å². The number of urea groups is 1. The number of hydrogen-bond donors (Lipinski definition) is 1. The Morgan fingerprint density at radius 3 is 2.81 bits per heavy atom. The monoisotopic (exact) mass is 308 g/mol. The summed E-state index contributed by atoms with van der Waals surface area (Å²) >= 11 is 1.68. The van der Waals surface area contributed by atoms with Crippen LogP contribution in [0.25, 0.3) is 0 Å². The minimum Gasteiger partial charge on any atom is -0.322 e. The third kappa shape index (κ3) is 2.44. The SMILES string of the molecule is Cc1ncc(CN2CC[C@]3(C2)NC(=O)N(C(C)C)C3=O)s1. The predicted molar refractivity (Wildman–Crippen MR) is 80.0 cm³/mol. The van der Waals surface area contributed by atoms with Gasteiger partial charge in [0.25, 0.3) is 5.91 Å². The van der Waals surface area contributed by atoms with Crippen LogP contribution in [0, 0.1) is 6.92 Å². The Bertz CT molecular complexity index is 585. The van der Waals surface area contributed by atoms with Crippen LogP contribution in [0.1, 0.15) is 30.2 Å². The lowest BCUT2D eigenvalue weighted by Gasteiger charge is -2.23. The Hall–Kier alpha value is -1.47. The van der Waals surface area contributed by atoms with Crippen molar-refractivity contribution in [2.24, 2.45) is 0 Å². The summed E-state index contributed by atoms with van der Waals surface area (Å²) in [5.74, 6) is -0.0783. The first-order valence-corrected chi connectivity index (χ1v) is 8.02. The number of aromatic nitrogens is 1. The third-order valence-corrected chi connectivity index (χ3v) is 5.00. The minimum absolute atomic E-state index is 0.0783. The van der Waals surface area contributed by atoms with Crippen molar-refractivity contribution >= 4 is 23.3 Å². The molecule has 3 heterocycles. The van der Waals surface area contributed by atoms with Gasteiger partial charge in [-0.25, -0.2) is 9.78 Å². The topological polar surface area (TPSA) is 65.5 Å². The normalized spacial score (nSPS) is 26.4. The van der Waals surface area contributed by atoms with Crippen LogP contribution in [0.15, 0.2) is 6.20 Å². The van der Waals surface area contributed by atoms with Crippen molar-refractivity contribution in [2.75, 3.05) is 13.1 Å². The van der Waals surface area contributed by atoms with Gasteiger partial charge in [-0.05, 0) is 27.2 Å². The van der Waals surface area contributed by atoms with E-state index in [1.807, 2.05) is 27.0 Å². The zero-order valence-electron chi connectivity index (χ0n) is 12.5. The van der Waals surface area contributed by atoms with E-state index < -0.39 is 5.54 Å². The van der Waals surface area contributed by atoms with Crippen molar-refractivity contribution in [3.8, 4) is 0 Å². The number of hydrogen-bond acceptors (Lipinski definition) is 5. The highest BCUT2D eigenvalue weighted by Crippen LogP contribution is 2.31. The number of amides is 3. The Morgan fingerprint density at radius 2 is 2.24 bits per heavy atom. The molecule has 21 heavy (non-hydrogen) atoms. The maximum atomic E-state index is 12.6. The molecule has 1 aromatic heterocycles. The van der Waals surface area contributed by atoms with E-state index in [9.17, 15) is 9.59 Å². The first-order valence-electron chi connectivity index (χ1n) is 7.21. The first-order chi connectivity index (χ1) is 9.91. The van der Waals surface area contributed by atoms with E-state index in [1.165, 1.54) is 9.78 Å². The molecular formula is C14H20N4O2S. The molecule has 6 nitrogen and oxygen atoms in total. The van der Waals surface area contributed by atoms with Gasteiger partial charge in [0.05, 0.1) is 5.01 Å². The highest BCUT2D eigenvalue weighted by atomic mass is 32.1. The minimum atomic E-state index is -0.721. The first kappa shape index (κ1) is 14.5. The van der Waals surface area contributed by atoms with Crippen molar-refractivity contribution in [3.63, 3.8) is 0 Å². The van der Waals surface area contributed by atoms with E-state index in [1.54, 1.807) is 11.3 Å². The van der Waals surface area contributed by atoms with Gasteiger partial charge >= 0.3 is 6.03 Å². The van der Waals surface area contributed by atoms with Gasteiger partial charge in [0.2, 0.25) is 0 Å². The summed E-state index contributed by atoms with van der Waals surface area (Å²) in [6.07, 6.45) is 2.57. The standard InChI is InChI=1S/C14H20N4O2S/c1-9(2)18-12(19)14(16-13(18)20)4-5-17(8-14)7-11-6-15-10(3)21-11/h6,9H,4-5,7-8H2,1-3H3,(H,16,20)/t14-/m1/s1. The summed E-state index contributed by atoms with van der Waals surface area (Å²) < 4.78 is 0. The summed E-state index contributed by atoms with van der Waals surface area (Å²) in [7, 11) is 0. The van der Waals surface area contributed by atoms with E-state index >= 15 is 0 Å². The number of aryl methyl sites for hydroxylation is 1. The third-order valence-electron chi connectivity index (χ3n) is 4.11. The molecule has 2 aliphatic heterocycles. The number of nitrogens with zero attached hydrogens (tertiary/aromatic N) is 3. The van der Waals surface area contributed by atoms with E-state index in [-0.39, 0.29) is 18.0 Å². The number of carbonyl (C=O) groups is 2. The van der Waals surface area contributed by atoms with Gasteiger partial charge in [0, 0.05) is 36.8 Å². The molecule has 2 aliphatic rings. The van der Waals surface area contributed by atoms with Gasteiger partial charge in [-0.3, -0.25) is 14.6 Å². The second-order valence-corrected chi connectivity index (χ2v) is 7.41. The number of imide groups is 1. The van der Waals surface area contributed by atoms with E-state index in [4.69, 9.17) is 0 Å². The number of thiazole rings is 1. The summed E-state index contributed by atoms with van der Waals surface area (Å²) in [6, 6.07) is -0.361. The van der Waals surface area contributed by atoms with Gasteiger partial charge in [-0.2, -0.15) is 0 Å². The summed E-state index contributed by atoms with van der Waals surface area (Å²) in [4.78, 5) is 33.6. The maximum Gasteiger partial charge on any atom is 0.325 e. The summed E-state index contributed by atoms with van der Waals surface area (Å²) in [5.41, 5.74) is -0.721. The molecule has 0 radical (unpaired) electrons. The van der Waals surface area contributed by atoms with E-state index in [0.29, 0.717) is 13.0 Å². The second-order valence-electron chi connectivity index (χ2n) is 6.09. The molecule has 2 fully saturated rings. The van der Waals surface area contributed by atoms with Crippen molar-refractivity contribution < 1.29 is 9.59 Å². The molecule has 1 N–H and O–H groups in total. The van der Waals surface area contributed by atoms with Crippen LogP contribution < -0.4 is 5.32 Å². The molecule has 114 valence electrons. The molecule has 0 saturated carbocycles. The average molecular weight is 308 g/mol. The zero-order chi connectivity index (χ0) is 15.2. The lowest BCUT2D eigenvalue weighted by molar-refractivity contribution is -0.132. The molecule has 0 aromatic carbocycles. The number of likely N-dealkylation sites (tertiary alicyclic amines) is 1. The van der Waals surface area contributed by atoms with Crippen molar-refractivity contribution in [3.05, 3.63) is 16.1 Å². The van der Waals surface area contributed by atoms with Crippen LogP contribution in [0.4, 0.5) is 4.79 Å². The lowest BCUT2D eigenvalue weighted by Crippen LogP contribution is -2.49. The smallest absolute Gasteiger partial charge is 0.322 e. The second kappa shape index (κ2) is 5.06. The molecular weight excluding hydrogens is 288 g/mol. The van der Waals surface area contributed by atoms with Gasteiger partial charge in [-0.1, -0.05) is 0 Å².